The van der Waals surface area contributed by atoms with E-state index in [0.29, 0.717) is 0 Å². The zero-order valence-corrected chi connectivity index (χ0v) is 8.74. The Kier molecular flexibility index (Phi) is 1.84. The van der Waals surface area contributed by atoms with Crippen LogP contribution in [0.1, 0.15) is 25.2 Å². The first-order valence-electron chi connectivity index (χ1n) is 4.75. The average Bonchev–Trinajstić information content (AvgIpc) is 2.38. The molecule has 0 atom stereocenters. The SMILES string of the molecule is Cc1ccc2c(n1)C(C)(C)CN2C=O. The molecule has 0 radical (unpaired) electrons. The monoisotopic (exact) mass is 190 g/mol. The fraction of sp³-hybridized carbons (Fsp3) is 0.455. The summed E-state index contributed by atoms with van der Waals surface area (Å²) < 4.78 is 0. The lowest BCUT2D eigenvalue weighted by atomic mass is 9.91. The Balaban J connectivity index is 2.59. The van der Waals surface area contributed by atoms with Gasteiger partial charge in [-0.05, 0) is 19.1 Å². The molecule has 2 rings (SSSR count). The standard InChI is InChI=1S/C11H14N2O/c1-8-4-5-9-10(12-8)11(2,3)6-13(9)7-14/h4-5,7H,6H2,1-3H3. The number of hydrogen-bond acceptors (Lipinski definition) is 2. The molecule has 1 aliphatic rings. The number of carbonyl (C=O) groups is 1. The highest BCUT2D eigenvalue weighted by molar-refractivity contribution is 5.80. The first-order valence-corrected chi connectivity index (χ1v) is 4.75. The third-order valence-corrected chi connectivity index (χ3v) is 2.66. The molecule has 2 heterocycles. The molecule has 0 spiro atoms. The van der Waals surface area contributed by atoms with E-state index in [1.165, 1.54) is 0 Å². The molecule has 0 saturated heterocycles. The van der Waals surface area contributed by atoms with Crippen LogP contribution in [0.4, 0.5) is 5.69 Å². The molecule has 1 amide bonds. The number of hydrogen-bond donors (Lipinski definition) is 0. The summed E-state index contributed by atoms with van der Waals surface area (Å²) in [4.78, 5) is 17.1. The second-order valence-corrected chi connectivity index (χ2v) is 4.44. The Morgan fingerprint density at radius 2 is 2.21 bits per heavy atom. The van der Waals surface area contributed by atoms with Crippen molar-refractivity contribution in [2.24, 2.45) is 0 Å². The van der Waals surface area contributed by atoms with Gasteiger partial charge in [-0.25, -0.2) is 0 Å². The minimum atomic E-state index is -0.0255. The first kappa shape index (κ1) is 9.19. The van der Waals surface area contributed by atoms with Crippen LogP contribution in [0.15, 0.2) is 12.1 Å². The molecule has 1 aromatic rings. The second-order valence-electron chi connectivity index (χ2n) is 4.44. The quantitative estimate of drug-likeness (QED) is 0.631. The van der Waals surface area contributed by atoms with Crippen LogP contribution in [-0.4, -0.2) is 17.9 Å². The van der Waals surface area contributed by atoms with Gasteiger partial charge >= 0.3 is 0 Å². The van der Waals surface area contributed by atoms with Crippen molar-refractivity contribution in [3.05, 3.63) is 23.5 Å². The van der Waals surface area contributed by atoms with E-state index in [4.69, 9.17) is 0 Å². The van der Waals surface area contributed by atoms with Gasteiger partial charge in [0.1, 0.15) is 0 Å². The summed E-state index contributed by atoms with van der Waals surface area (Å²) in [6.45, 7) is 6.92. The Morgan fingerprint density at radius 3 is 2.86 bits per heavy atom. The summed E-state index contributed by atoms with van der Waals surface area (Å²) in [6.07, 6.45) is 0.880. The van der Waals surface area contributed by atoms with Crippen molar-refractivity contribution in [3.8, 4) is 0 Å². The summed E-state index contributed by atoms with van der Waals surface area (Å²) in [7, 11) is 0. The normalized spacial score (nSPS) is 18.1. The van der Waals surface area contributed by atoms with Crippen LogP contribution in [-0.2, 0) is 10.2 Å². The van der Waals surface area contributed by atoms with Crippen molar-refractivity contribution in [3.63, 3.8) is 0 Å². The minimum absolute atomic E-state index is 0.0255. The fourth-order valence-corrected chi connectivity index (χ4v) is 1.96. The Hall–Kier alpha value is -1.38. The lowest BCUT2D eigenvalue weighted by molar-refractivity contribution is -0.107. The third-order valence-electron chi connectivity index (χ3n) is 2.66. The van der Waals surface area contributed by atoms with E-state index in [1.54, 1.807) is 4.90 Å². The highest BCUT2D eigenvalue weighted by Crippen LogP contribution is 2.37. The topological polar surface area (TPSA) is 33.2 Å². The van der Waals surface area contributed by atoms with Crippen LogP contribution in [0, 0.1) is 6.92 Å². The first-order chi connectivity index (χ1) is 6.54. The van der Waals surface area contributed by atoms with Crippen molar-refractivity contribution in [1.82, 2.24) is 4.98 Å². The van der Waals surface area contributed by atoms with Gasteiger partial charge in [-0.1, -0.05) is 13.8 Å². The summed E-state index contributed by atoms with van der Waals surface area (Å²) in [5.74, 6) is 0. The summed E-state index contributed by atoms with van der Waals surface area (Å²) in [5.41, 5.74) is 2.96. The van der Waals surface area contributed by atoms with E-state index in [2.05, 4.69) is 18.8 Å². The van der Waals surface area contributed by atoms with Crippen molar-refractivity contribution >= 4 is 12.1 Å². The van der Waals surface area contributed by atoms with Gasteiger partial charge in [-0.2, -0.15) is 0 Å². The van der Waals surface area contributed by atoms with Crippen molar-refractivity contribution in [1.29, 1.82) is 0 Å². The smallest absolute Gasteiger partial charge is 0.214 e. The summed E-state index contributed by atoms with van der Waals surface area (Å²) >= 11 is 0. The number of anilines is 1. The summed E-state index contributed by atoms with van der Waals surface area (Å²) in [5, 5.41) is 0. The molecule has 0 N–H and O–H groups in total. The molecule has 0 aliphatic carbocycles. The number of rotatable bonds is 1. The largest absolute Gasteiger partial charge is 0.312 e. The molecule has 0 aromatic carbocycles. The Morgan fingerprint density at radius 1 is 1.50 bits per heavy atom. The Bertz CT molecular complexity index is 385. The number of fused-ring (bicyclic) bond motifs is 1. The zero-order chi connectivity index (χ0) is 10.3. The predicted octanol–water partition coefficient (Wildman–Crippen LogP) is 1.64. The van der Waals surface area contributed by atoms with E-state index in [9.17, 15) is 4.79 Å². The number of aryl methyl sites for hydroxylation is 1. The number of amides is 1. The zero-order valence-electron chi connectivity index (χ0n) is 8.74. The maximum Gasteiger partial charge on any atom is 0.214 e. The number of aromatic nitrogens is 1. The predicted molar refractivity (Wildman–Crippen MR) is 55.4 cm³/mol. The molecule has 0 unspecified atom stereocenters. The van der Waals surface area contributed by atoms with Gasteiger partial charge in [0.25, 0.3) is 0 Å². The summed E-state index contributed by atoms with van der Waals surface area (Å²) in [6, 6.07) is 3.91. The van der Waals surface area contributed by atoms with Gasteiger partial charge in [-0.3, -0.25) is 9.78 Å². The van der Waals surface area contributed by atoms with E-state index >= 15 is 0 Å². The van der Waals surface area contributed by atoms with E-state index < -0.39 is 0 Å². The molecule has 1 aromatic heterocycles. The molecular formula is C11H14N2O. The number of nitrogens with zero attached hydrogens (tertiary/aromatic N) is 2. The van der Waals surface area contributed by atoms with Crippen LogP contribution in [0.2, 0.25) is 0 Å². The van der Waals surface area contributed by atoms with E-state index in [-0.39, 0.29) is 5.41 Å². The van der Waals surface area contributed by atoms with Crippen LogP contribution >= 0.6 is 0 Å². The molecule has 0 fully saturated rings. The second kappa shape index (κ2) is 2.80. The fourth-order valence-electron chi connectivity index (χ4n) is 1.96. The molecule has 3 nitrogen and oxygen atoms in total. The van der Waals surface area contributed by atoms with E-state index in [0.717, 1.165) is 30.0 Å². The number of pyridine rings is 1. The molecule has 3 heteroatoms. The van der Waals surface area contributed by atoms with Crippen LogP contribution < -0.4 is 4.90 Å². The molecule has 74 valence electrons. The van der Waals surface area contributed by atoms with Gasteiger partial charge in [0.2, 0.25) is 6.41 Å². The van der Waals surface area contributed by atoms with Gasteiger partial charge in [-0.15, -0.1) is 0 Å². The van der Waals surface area contributed by atoms with Crippen molar-refractivity contribution in [2.75, 3.05) is 11.4 Å². The highest BCUT2D eigenvalue weighted by Gasteiger charge is 2.36. The number of carbonyl (C=O) groups excluding carboxylic acids is 1. The lowest BCUT2D eigenvalue weighted by Crippen LogP contribution is -2.27. The van der Waals surface area contributed by atoms with Gasteiger partial charge < -0.3 is 4.90 Å². The minimum Gasteiger partial charge on any atom is -0.312 e. The van der Waals surface area contributed by atoms with Crippen LogP contribution in [0.25, 0.3) is 0 Å². The van der Waals surface area contributed by atoms with Crippen LogP contribution in [0.5, 0.6) is 0 Å². The van der Waals surface area contributed by atoms with E-state index in [1.807, 2.05) is 19.1 Å². The van der Waals surface area contributed by atoms with Crippen molar-refractivity contribution in [2.45, 2.75) is 26.2 Å². The molecular weight excluding hydrogens is 176 g/mol. The third kappa shape index (κ3) is 1.20. The van der Waals surface area contributed by atoms with Gasteiger partial charge in [0.15, 0.2) is 0 Å². The van der Waals surface area contributed by atoms with Crippen molar-refractivity contribution < 1.29 is 4.79 Å². The maximum atomic E-state index is 10.8. The Labute approximate surface area is 83.8 Å². The molecule has 14 heavy (non-hydrogen) atoms. The van der Waals surface area contributed by atoms with Crippen LogP contribution in [0.3, 0.4) is 0 Å². The van der Waals surface area contributed by atoms with Gasteiger partial charge in [0.05, 0.1) is 11.4 Å². The maximum absolute atomic E-state index is 10.8. The highest BCUT2D eigenvalue weighted by atomic mass is 16.1. The van der Waals surface area contributed by atoms with Gasteiger partial charge in [0, 0.05) is 17.7 Å². The molecule has 1 aliphatic heterocycles. The molecule has 0 saturated carbocycles. The molecule has 0 bridgehead atoms. The lowest BCUT2D eigenvalue weighted by Gasteiger charge is -2.16. The average molecular weight is 190 g/mol.